The molecule has 0 bridgehead atoms. The molecule has 0 spiro atoms. The summed E-state index contributed by atoms with van der Waals surface area (Å²) in [7, 11) is 0. The van der Waals surface area contributed by atoms with Crippen LogP contribution in [0.1, 0.15) is 25.0 Å². The Hall–Kier alpha value is -3.87. The van der Waals surface area contributed by atoms with Crippen molar-refractivity contribution in [1.82, 2.24) is 24.6 Å². The van der Waals surface area contributed by atoms with Gasteiger partial charge in [0.15, 0.2) is 5.65 Å². The van der Waals surface area contributed by atoms with Crippen LogP contribution >= 0.6 is 0 Å². The van der Waals surface area contributed by atoms with Gasteiger partial charge in [0.1, 0.15) is 11.4 Å². The van der Waals surface area contributed by atoms with Gasteiger partial charge in [0.05, 0.1) is 22.9 Å². The standard InChI is InChI=1S/C25H24N6O/c1-16-21(18-10-11-19-20(14-18)27-15-26-19)25(32)31-24(28-16)23(30-12-6-3-7-13-30)22(29-31)17-8-4-2-5-9-17/h2,4-5,8-11,14-15,28H,3,6-7,12-13H2,1H3,(H,26,27). The number of hydrogen-bond donors (Lipinski definition) is 2. The van der Waals surface area contributed by atoms with Gasteiger partial charge in [-0.3, -0.25) is 4.79 Å². The molecule has 2 aromatic carbocycles. The van der Waals surface area contributed by atoms with Crippen molar-refractivity contribution < 1.29 is 0 Å². The Bertz CT molecular complexity index is 1490. The second kappa shape index (κ2) is 7.37. The maximum atomic E-state index is 13.7. The van der Waals surface area contributed by atoms with Gasteiger partial charge in [-0.25, -0.2) is 4.98 Å². The topological polar surface area (TPSA) is 82.1 Å². The molecule has 2 N–H and O–H groups in total. The number of H-pyrrole nitrogens is 2. The molecule has 0 atom stereocenters. The largest absolute Gasteiger partial charge is 0.367 e. The van der Waals surface area contributed by atoms with Crippen LogP contribution in [0.25, 0.3) is 39.1 Å². The Morgan fingerprint density at radius 1 is 0.969 bits per heavy atom. The summed E-state index contributed by atoms with van der Waals surface area (Å²) < 4.78 is 1.54. The molecular formula is C25H24N6O. The molecule has 1 fully saturated rings. The zero-order valence-electron chi connectivity index (χ0n) is 17.9. The fourth-order valence-corrected chi connectivity index (χ4v) is 4.81. The maximum absolute atomic E-state index is 13.7. The van der Waals surface area contributed by atoms with Gasteiger partial charge in [-0.15, -0.1) is 0 Å². The van der Waals surface area contributed by atoms with Crippen LogP contribution in [0.3, 0.4) is 0 Å². The summed E-state index contributed by atoms with van der Waals surface area (Å²) in [4.78, 5) is 27.1. The van der Waals surface area contributed by atoms with E-state index in [2.05, 4.69) is 32.0 Å². The van der Waals surface area contributed by atoms with Crippen molar-refractivity contribution in [3.8, 4) is 22.4 Å². The first-order valence-electron chi connectivity index (χ1n) is 11.1. The minimum atomic E-state index is -0.119. The van der Waals surface area contributed by atoms with Crippen LogP contribution in [0.2, 0.25) is 0 Å². The van der Waals surface area contributed by atoms with Gasteiger partial charge in [-0.05, 0) is 43.9 Å². The van der Waals surface area contributed by atoms with E-state index in [0.717, 1.165) is 70.8 Å². The molecule has 0 radical (unpaired) electrons. The van der Waals surface area contributed by atoms with Gasteiger partial charge >= 0.3 is 0 Å². The molecular weight excluding hydrogens is 400 g/mol. The summed E-state index contributed by atoms with van der Waals surface area (Å²) >= 11 is 0. The van der Waals surface area contributed by atoms with Crippen LogP contribution in [0.5, 0.6) is 0 Å². The zero-order chi connectivity index (χ0) is 21.7. The molecule has 7 heteroatoms. The van der Waals surface area contributed by atoms with Crippen molar-refractivity contribution >= 4 is 22.4 Å². The second-order valence-electron chi connectivity index (χ2n) is 8.44. The molecule has 0 unspecified atom stereocenters. The van der Waals surface area contributed by atoms with Gasteiger partial charge in [-0.2, -0.15) is 9.61 Å². The molecule has 160 valence electrons. The van der Waals surface area contributed by atoms with Crippen LogP contribution in [0, 0.1) is 6.92 Å². The summed E-state index contributed by atoms with van der Waals surface area (Å²) in [6, 6.07) is 16.0. The van der Waals surface area contributed by atoms with Crippen molar-refractivity contribution in [3.63, 3.8) is 0 Å². The number of aryl methyl sites for hydroxylation is 1. The Balaban J connectivity index is 1.61. The van der Waals surface area contributed by atoms with Crippen molar-refractivity contribution in [2.45, 2.75) is 26.2 Å². The normalized spacial score (nSPS) is 14.5. The third-order valence-electron chi connectivity index (χ3n) is 6.38. The van der Waals surface area contributed by atoms with Crippen molar-refractivity contribution in [3.05, 3.63) is 70.9 Å². The summed E-state index contributed by atoms with van der Waals surface area (Å²) in [5.41, 5.74) is 7.59. The number of benzene rings is 2. The Kier molecular flexibility index (Phi) is 4.35. The first-order valence-corrected chi connectivity index (χ1v) is 11.1. The molecule has 6 rings (SSSR count). The van der Waals surface area contributed by atoms with E-state index in [0.29, 0.717) is 5.56 Å². The van der Waals surface area contributed by atoms with Gasteiger partial charge < -0.3 is 14.9 Å². The highest BCUT2D eigenvalue weighted by Crippen LogP contribution is 2.35. The number of anilines is 1. The van der Waals surface area contributed by atoms with Crippen molar-refractivity contribution in [2.75, 3.05) is 18.0 Å². The van der Waals surface area contributed by atoms with E-state index in [9.17, 15) is 4.79 Å². The predicted octanol–water partition coefficient (Wildman–Crippen LogP) is 4.53. The molecule has 32 heavy (non-hydrogen) atoms. The highest BCUT2D eigenvalue weighted by atomic mass is 16.1. The molecule has 1 saturated heterocycles. The molecule has 0 saturated carbocycles. The lowest BCUT2D eigenvalue weighted by molar-refractivity contribution is 0.579. The first kappa shape index (κ1) is 18.9. The fourth-order valence-electron chi connectivity index (χ4n) is 4.81. The number of nitrogens with one attached hydrogen (secondary N) is 2. The number of piperidine rings is 1. The summed E-state index contributed by atoms with van der Waals surface area (Å²) in [5, 5.41) is 4.85. The minimum Gasteiger partial charge on any atom is -0.367 e. The number of fused-ring (bicyclic) bond motifs is 2. The summed E-state index contributed by atoms with van der Waals surface area (Å²) in [6.45, 7) is 3.90. The highest BCUT2D eigenvalue weighted by molar-refractivity contribution is 5.87. The summed E-state index contributed by atoms with van der Waals surface area (Å²) in [6.07, 6.45) is 5.21. The molecule has 3 aromatic heterocycles. The van der Waals surface area contributed by atoms with E-state index < -0.39 is 0 Å². The quantitative estimate of drug-likeness (QED) is 0.446. The van der Waals surface area contributed by atoms with E-state index in [1.54, 1.807) is 10.8 Å². The molecule has 7 nitrogen and oxygen atoms in total. The van der Waals surface area contributed by atoms with Gasteiger partial charge in [0, 0.05) is 24.3 Å². The number of aromatic amines is 2. The molecule has 1 aliphatic rings. The molecule has 0 aliphatic carbocycles. The minimum absolute atomic E-state index is 0.119. The van der Waals surface area contributed by atoms with Crippen molar-refractivity contribution in [2.24, 2.45) is 0 Å². The average molecular weight is 425 g/mol. The van der Waals surface area contributed by atoms with Crippen LogP contribution in [0.15, 0.2) is 59.7 Å². The van der Waals surface area contributed by atoms with E-state index >= 15 is 0 Å². The van der Waals surface area contributed by atoms with E-state index in [1.807, 2.05) is 43.3 Å². The lowest BCUT2D eigenvalue weighted by atomic mass is 10.0. The van der Waals surface area contributed by atoms with Gasteiger partial charge in [0.2, 0.25) is 0 Å². The smallest absolute Gasteiger partial charge is 0.282 e. The van der Waals surface area contributed by atoms with Crippen LogP contribution < -0.4 is 10.5 Å². The maximum Gasteiger partial charge on any atom is 0.282 e. The number of imidazole rings is 1. The van der Waals surface area contributed by atoms with Gasteiger partial charge in [0.25, 0.3) is 5.56 Å². The molecule has 4 heterocycles. The zero-order valence-corrected chi connectivity index (χ0v) is 17.9. The number of hydrogen-bond acceptors (Lipinski definition) is 4. The van der Waals surface area contributed by atoms with E-state index in [4.69, 9.17) is 5.10 Å². The lowest BCUT2D eigenvalue weighted by Gasteiger charge is -2.28. The number of nitrogens with zero attached hydrogens (tertiary/aromatic N) is 4. The van der Waals surface area contributed by atoms with Crippen LogP contribution in [0.4, 0.5) is 5.69 Å². The van der Waals surface area contributed by atoms with Crippen molar-refractivity contribution in [1.29, 1.82) is 0 Å². The number of aromatic nitrogens is 5. The average Bonchev–Trinajstić information content (AvgIpc) is 3.45. The SMILES string of the molecule is Cc1[nH]c2c(N3CCCCC3)c(-c3ccccc3)nn2c(=O)c1-c1ccc2[nH]cnc2c1. The van der Waals surface area contributed by atoms with Crippen LogP contribution in [-0.4, -0.2) is 37.7 Å². The third kappa shape index (κ3) is 2.92. The molecule has 5 aromatic rings. The highest BCUT2D eigenvalue weighted by Gasteiger charge is 2.25. The number of rotatable bonds is 3. The Labute approximate surface area is 184 Å². The second-order valence-corrected chi connectivity index (χ2v) is 8.44. The Morgan fingerprint density at radius 3 is 2.59 bits per heavy atom. The first-order chi connectivity index (χ1) is 15.7. The Morgan fingerprint density at radius 2 is 1.78 bits per heavy atom. The van der Waals surface area contributed by atoms with E-state index in [1.165, 1.54) is 6.42 Å². The summed E-state index contributed by atoms with van der Waals surface area (Å²) in [5.74, 6) is 0. The molecule has 0 amide bonds. The van der Waals surface area contributed by atoms with Gasteiger partial charge in [-0.1, -0.05) is 36.4 Å². The molecule has 1 aliphatic heterocycles. The fraction of sp³-hybridized carbons (Fsp3) is 0.240. The third-order valence-corrected chi connectivity index (χ3v) is 6.38. The van der Waals surface area contributed by atoms with Crippen LogP contribution in [-0.2, 0) is 0 Å². The van der Waals surface area contributed by atoms with E-state index in [-0.39, 0.29) is 5.56 Å². The monoisotopic (exact) mass is 424 g/mol. The lowest BCUT2D eigenvalue weighted by Crippen LogP contribution is -2.30. The predicted molar refractivity (Wildman–Crippen MR) is 127 cm³/mol.